The minimum Gasteiger partial charge on any atom is -0.470 e. The van der Waals surface area contributed by atoms with Crippen molar-refractivity contribution in [3.8, 4) is 5.88 Å². The van der Waals surface area contributed by atoms with Gasteiger partial charge in [-0.15, -0.1) is 0 Å². The summed E-state index contributed by atoms with van der Waals surface area (Å²) >= 11 is 0. The Hall–Kier alpha value is -3.53. The van der Waals surface area contributed by atoms with Crippen molar-refractivity contribution in [1.29, 1.82) is 0 Å². The van der Waals surface area contributed by atoms with E-state index in [-0.39, 0.29) is 34.9 Å². The number of carbonyl (C=O) groups excluding carboxylic acids is 1. The van der Waals surface area contributed by atoms with E-state index >= 15 is 0 Å². The number of nitrogens with zero attached hydrogens (tertiary/aromatic N) is 3. The fourth-order valence-electron chi connectivity index (χ4n) is 2.53. The average Bonchev–Trinajstić information content (AvgIpc) is 2.73. The summed E-state index contributed by atoms with van der Waals surface area (Å²) in [5.41, 5.74) is 1.68. The second kappa shape index (κ2) is 9.52. The van der Waals surface area contributed by atoms with Crippen LogP contribution >= 0.6 is 0 Å². The number of ether oxygens (including phenoxy) is 1. The lowest BCUT2D eigenvalue weighted by molar-refractivity contribution is 0.0936. The largest absolute Gasteiger partial charge is 0.470 e. The van der Waals surface area contributed by atoms with Gasteiger partial charge in [0.25, 0.3) is 21.8 Å². The molecule has 0 bridgehead atoms. The number of nitrogens with one attached hydrogen (secondary N) is 2. The van der Waals surface area contributed by atoms with Gasteiger partial charge < -0.3 is 10.1 Å². The van der Waals surface area contributed by atoms with Gasteiger partial charge in [0.05, 0.1) is 11.1 Å². The molecule has 0 spiro atoms. The Morgan fingerprint density at radius 1 is 1.13 bits per heavy atom. The maximum atomic E-state index is 12.8. The quantitative estimate of drug-likeness (QED) is 0.551. The molecule has 1 amide bonds. The highest BCUT2D eigenvalue weighted by atomic mass is 32.2. The molecule has 3 aromatic rings. The van der Waals surface area contributed by atoms with Crippen molar-refractivity contribution < 1.29 is 17.9 Å². The van der Waals surface area contributed by atoms with Gasteiger partial charge in [-0.3, -0.25) is 14.5 Å². The summed E-state index contributed by atoms with van der Waals surface area (Å²) in [6.07, 6.45) is 4.43. The Labute approximate surface area is 181 Å². The fourth-order valence-corrected chi connectivity index (χ4v) is 3.53. The number of aromatic nitrogens is 3. The summed E-state index contributed by atoms with van der Waals surface area (Å²) in [5, 5.41) is 2.71. The maximum absolute atomic E-state index is 12.8. The molecule has 0 saturated heterocycles. The third-order valence-corrected chi connectivity index (χ3v) is 5.41. The average molecular weight is 442 g/mol. The van der Waals surface area contributed by atoms with Gasteiger partial charge in [-0.2, -0.15) is 0 Å². The molecule has 31 heavy (non-hydrogen) atoms. The monoisotopic (exact) mass is 441 g/mol. The van der Waals surface area contributed by atoms with E-state index in [9.17, 15) is 13.2 Å². The van der Waals surface area contributed by atoms with Crippen molar-refractivity contribution in [2.24, 2.45) is 0 Å². The first-order valence-corrected chi connectivity index (χ1v) is 11.0. The fraction of sp³-hybridized carbons (Fsp3) is 0.238. The van der Waals surface area contributed by atoms with Gasteiger partial charge in [0.1, 0.15) is 6.61 Å². The highest BCUT2D eigenvalue weighted by Crippen LogP contribution is 2.24. The van der Waals surface area contributed by atoms with Crippen LogP contribution < -0.4 is 14.8 Å². The molecule has 162 valence electrons. The number of carbonyl (C=O) groups is 1. The first kappa shape index (κ1) is 22.2. The Morgan fingerprint density at radius 3 is 2.52 bits per heavy atom. The number of anilines is 1. The molecule has 2 N–H and O–H groups in total. The zero-order valence-electron chi connectivity index (χ0n) is 17.4. The first-order chi connectivity index (χ1) is 14.7. The molecule has 0 atom stereocenters. The minimum atomic E-state index is -3.93. The predicted octanol–water partition coefficient (Wildman–Crippen LogP) is 2.70. The number of rotatable bonds is 8. The van der Waals surface area contributed by atoms with Gasteiger partial charge in [0, 0.05) is 24.0 Å². The van der Waals surface area contributed by atoms with Gasteiger partial charge in [0.2, 0.25) is 5.82 Å². The molecule has 2 aromatic heterocycles. The van der Waals surface area contributed by atoms with Crippen molar-refractivity contribution in [2.75, 3.05) is 4.72 Å². The van der Waals surface area contributed by atoms with E-state index in [0.717, 1.165) is 11.1 Å². The molecule has 10 heteroatoms. The number of hydrogen-bond acceptors (Lipinski definition) is 7. The molecule has 2 heterocycles. The Balaban J connectivity index is 1.91. The molecule has 0 aliphatic carbocycles. The topological polar surface area (TPSA) is 123 Å². The SMILES string of the molecule is Cc1ccc(S(=O)(=O)Nc2ncc(C(=O)NC(C)C)nc2OCc2cccnc2)cc1. The van der Waals surface area contributed by atoms with Crippen molar-refractivity contribution in [2.45, 2.75) is 38.3 Å². The molecular formula is C21H23N5O4S. The van der Waals surface area contributed by atoms with Crippen LogP contribution in [0.1, 0.15) is 35.5 Å². The number of benzene rings is 1. The third kappa shape index (κ3) is 5.98. The smallest absolute Gasteiger partial charge is 0.271 e. The highest BCUT2D eigenvalue weighted by Gasteiger charge is 2.21. The molecule has 3 rings (SSSR count). The summed E-state index contributed by atoms with van der Waals surface area (Å²) in [7, 11) is -3.93. The van der Waals surface area contributed by atoms with Crippen LogP contribution in [0.25, 0.3) is 0 Å². The van der Waals surface area contributed by atoms with Crippen molar-refractivity contribution in [1.82, 2.24) is 20.3 Å². The second-order valence-corrected chi connectivity index (χ2v) is 8.79. The van der Waals surface area contributed by atoms with Crippen LogP contribution in [0.4, 0.5) is 5.82 Å². The highest BCUT2D eigenvalue weighted by molar-refractivity contribution is 7.92. The molecule has 0 radical (unpaired) electrons. The molecule has 1 aromatic carbocycles. The van der Waals surface area contributed by atoms with Gasteiger partial charge in [-0.1, -0.05) is 23.8 Å². The lowest BCUT2D eigenvalue weighted by Gasteiger charge is -2.14. The van der Waals surface area contributed by atoms with E-state index in [1.54, 1.807) is 36.7 Å². The van der Waals surface area contributed by atoms with Gasteiger partial charge >= 0.3 is 0 Å². The lowest BCUT2D eigenvalue weighted by atomic mass is 10.2. The summed E-state index contributed by atoms with van der Waals surface area (Å²) in [5.74, 6) is -0.678. The molecular weight excluding hydrogens is 418 g/mol. The third-order valence-electron chi connectivity index (χ3n) is 4.05. The standard InChI is InChI=1S/C21H23N5O4S/c1-14(2)24-20(27)18-12-23-19(21(25-18)30-13-16-5-4-10-22-11-16)26-31(28,29)17-8-6-15(3)7-9-17/h4-12,14H,13H2,1-3H3,(H,23,26)(H,24,27). The van der Waals surface area contributed by atoms with Gasteiger partial charge in [0.15, 0.2) is 5.69 Å². The van der Waals surface area contributed by atoms with Crippen LogP contribution in [0.2, 0.25) is 0 Å². The van der Waals surface area contributed by atoms with Crippen molar-refractivity contribution in [3.63, 3.8) is 0 Å². The van der Waals surface area contributed by atoms with E-state index in [1.807, 2.05) is 20.8 Å². The Kier molecular flexibility index (Phi) is 6.81. The van der Waals surface area contributed by atoms with Crippen LogP contribution in [-0.2, 0) is 16.6 Å². The summed E-state index contributed by atoms with van der Waals surface area (Å²) in [6.45, 7) is 5.56. The summed E-state index contributed by atoms with van der Waals surface area (Å²) < 4.78 is 33.7. The van der Waals surface area contributed by atoms with Gasteiger partial charge in [-0.05, 0) is 39.0 Å². The lowest BCUT2D eigenvalue weighted by Crippen LogP contribution is -2.31. The zero-order chi connectivity index (χ0) is 22.4. The first-order valence-electron chi connectivity index (χ1n) is 9.53. The van der Waals surface area contributed by atoms with E-state index in [0.29, 0.717) is 0 Å². The number of aryl methyl sites for hydroxylation is 1. The number of amides is 1. The number of sulfonamides is 1. The molecule has 0 fully saturated rings. The van der Waals surface area contributed by atoms with Crippen LogP contribution in [-0.4, -0.2) is 35.3 Å². The van der Waals surface area contributed by atoms with Crippen LogP contribution in [0.3, 0.4) is 0 Å². The Morgan fingerprint density at radius 2 is 1.87 bits per heavy atom. The molecule has 0 aliphatic rings. The summed E-state index contributed by atoms with van der Waals surface area (Å²) in [6, 6.07) is 9.81. The van der Waals surface area contributed by atoms with E-state index < -0.39 is 15.9 Å². The molecule has 9 nitrogen and oxygen atoms in total. The molecule has 0 saturated carbocycles. The van der Waals surface area contributed by atoms with Crippen LogP contribution in [0, 0.1) is 6.92 Å². The predicted molar refractivity (Wildman–Crippen MR) is 115 cm³/mol. The number of pyridine rings is 1. The van der Waals surface area contributed by atoms with Crippen LogP contribution in [0.15, 0.2) is 59.9 Å². The van der Waals surface area contributed by atoms with E-state index in [4.69, 9.17) is 4.74 Å². The minimum absolute atomic E-state index is 0.00757. The summed E-state index contributed by atoms with van der Waals surface area (Å²) in [4.78, 5) is 24.7. The van der Waals surface area contributed by atoms with Gasteiger partial charge in [-0.25, -0.2) is 18.4 Å². The Bertz CT molecular complexity index is 1150. The zero-order valence-corrected chi connectivity index (χ0v) is 18.2. The molecule has 0 unspecified atom stereocenters. The van der Waals surface area contributed by atoms with Crippen molar-refractivity contribution in [3.05, 3.63) is 71.8 Å². The van der Waals surface area contributed by atoms with E-state index in [2.05, 4.69) is 25.0 Å². The second-order valence-electron chi connectivity index (χ2n) is 7.11. The van der Waals surface area contributed by atoms with E-state index in [1.165, 1.54) is 18.3 Å². The van der Waals surface area contributed by atoms with Crippen LogP contribution in [0.5, 0.6) is 5.88 Å². The maximum Gasteiger partial charge on any atom is 0.271 e. The molecule has 0 aliphatic heterocycles. The normalized spacial score (nSPS) is 11.2. The van der Waals surface area contributed by atoms with Crippen molar-refractivity contribution >= 4 is 21.7 Å². The number of hydrogen-bond donors (Lipinski definition) is 2.